The fraction of sp³-hybridized carbons (Fsp3) is 0.467. The summed E-state index contributed by atoms with van der Waals surface area (Å²) < 4.78 is 5.27. The molecule has 2 rings (SSSR count). The lowest BCUT2D eigenvalue weighted by molar-refractivity contribution is -0.143. The number of benzene rings is 1. The zero-order valence-electron chi connectivity index (χ0n) is 11.7. The molecule has 1 aromatic rings. The number of carboxylic acid groups (broad SMARTS) is 1. The number of ether oxygens (including phenoxy) is 1. The van der Waals surface area contributed by atoms with Gasteiger partial charge in [-0.15, -0.1) is 0 Å². The van der Waals surface area contributed by atoms with E-state index in [4.69, 9.17) is 9.84 Å². The third-order valence-corrected chi connectivity index (χ3v) is 3.70. The second-order valence-corrected chi connectivity index (χ2v) is 5.28. The van der Waals surface area contributed by atoms with Gasteiger partial charge >= 0.3 is 5.97 Å². The Balaban J connectivity index is 1.99. The van der Waals surface area contributed by atoms with E-state index in [1.165, 1.54) is 0 Å². The molecule has 5 nitrogen and oxygen atoms in total. The molecule has 1 fully saturated rings. The molecule has 0 radical (unpaired) electrons. The van der Waals surface area contributed by atoms with E-state index in [0.717, 1.165) is 11.3 Å². The van der Waals surface area contributed by atoms with E-state index >= 15 is 0 Å². The van der Waals surface area contributed by atoms with Crippen molar-refractivity contribution >= 4 is 11.9 Å². The van der Waals surface area contributed by atoms with Crippen molar-refractivity contribution in [1.29, 1.82) is 0 Å². The van der Waals surface area contributed by atoms with Crippen LogP contribution in [0.4, 0.5) is 0 Å². The van der Waals surface area contributed by atoms with Crippen molar-refractivity contribution in [2.75, 3.05) is 7.11 Å². The van der Waals surface area contributed by atoms with Gasteiger partial charge in [0.25, 0.3) is 0 Å². The van der Waals surface area contributed by atoms with Crippen LogP contribution in [0.2, 0.25) is 0 Å². The van der Waals surface area contributed by atoms with Gasteiger partial charge < -0.3 is 15.2 Å². The SMILES string of the molecule is COc1ccccc1C(C)CC(=O)NC1(C(=O)O)CC1. The number of nitrogens with one attached hydrogen (secondary N) is 1. The number of rotatable bonds is 6. The molecule has 0 spiro atoms. The summed E-state index contributed by atoms with van der Waals surface area (Å²) in [7, 11) is 1.59. The van der Waals surface area contributed by atoms with Crippen LogP contribution in [0.25, 0.3) is 0 Å². The minimum atomic E-state index is -1.02. The molecule has 0 aromatic heterocycles. The highest BCUT2D eigenvalue weighted by atomic mass is 16.5. The summed E-state index contributed by atoms with van der Waals surface area (Å²) in [6, 6.07) is 7.54. The summed E-state index contributed by atoms with van der Waals surface area (Å²) in [5.74, 6) is -0.470. The minimum Gasteiger partial charge on any atom is -0.496 e. The second kappa shape index (κ2) is 5.53. The molecule has 1 unspecified atom stereocenters. The predicted molar refractivity (Wildman–Crippen MR) is 73.8 cm³/mol. The van der Waals surface area contributed by atoms with Crippen LogP contribution in [-0.4, -0.2) is 29.6 Å². The summed E-state index contributed by atoms with van der Waals surface area (Å²) in [6.07, 6.45) is 1.27. The van der Waals surface area contributed by atoms with Gasteiger partial charge in [-0.25, -0.2) is 4.79 Å². The maximum atomic E-state index is 12.0. The quantitative estimate of drug-likeness (QED) is 0.833. The lowest BCUT2D eigenvalue weighted by Gasteiger charge is -2.17. The van der Waals surface area contributed by atoms with E-state index in [1.807, 2.05) is 31.2 Å². The number of hydrogen-bond acceptors (Lipinski definition) is 3. The molecule has 0 heterocycles. The molecule has 108 valence electrons. The van der Waals surface area contributed by atoms with E-state index in [0.29, 0.717) is 12.8 Å². The Morgan fingerprint density at radius 2 is 2.05 bits per heavy atom. The molecule has 1 amide bonds. The van der Waals surface area contributed by atoms with Gasteiger partial charge in [0.1, 0.15) is 11.3 Å². The molecule has 0 aliphatic heterocycles. The standard InChI is InChI=1S/C15H19NO4/c1-10(11-5-3-4-6-12(11)20-2)9-13(17)16-15(7-8-15)14(18)19/h3-6,10H,7-9H2,1-2H3,(H,16,17)(H,18,19). The third kappa shape index (κ3) is 2.92. The van der Waals surface area contributed by atoms with Gasteiger partial charge in [-0.3, -0.25) is 4.79 Å². The maximum Gasteiger partial charge on any atom is 0.329 e. The average Bonchev–Trinajstić information content (AvgIpc) is 3.19. The molecule has 1 aliphatic carbocycles. The van der Waals surface area contributed by atoms with Gasteiger partial charge in [0.05, 0.1) is 7.11 Å². The van der Waals surface area contributed by atoms with Crippen LogP contribution in [0.5, 0.6) is 5.75 Å². The summed E-state index contributed by atoms with van der Waals surface area (Å²) in [5, 5.41) is 11.7. The topological polar surface area (TPSA) is 75.6 Å². The fourth-order valence-electron chi connectivity index (χ4n) is 2.30. The van der Waals surface area contributed by atoms with Gasteiger partial charge in [0.2, 0.25) is 5.91 Å². The normalized spacial score (nSPS) is 17.1. The molecule has 1 saturated carbocycles. The van der Waals surface area contributed by atoms with Gasteiger partial charge in [0, 0.05) is 6.42 Å². The van der Waals surface area contributed by atoms with Gasteiger partial charge in [-0.05, 0) is 30.4 Å². The van der Waals surface area contributed by atoms with Crippen LogP contribution in [0.15, 0.2) is 24.3 Å². The third-order valence-electron chi connectivity index (χ3n) is 3.70. The number of methoxy groups -OCH3 is 1. The first kappa shape index (κ1) is 14.4. The Morgan fingerprint density at radius 1 is 1.40 bits per heavy atom. The summed E-state index contributed by atoms with van der Waals surface area (Å²) in [5.41, 5.74) is -0.0669. The molecule has 1 aromatic carbocycles. The lowest BCUT2D eigenvalue weighted by atomic mass is 9.96. The number of amides is 1. The van der Waals surface area contributed by atoms with Crippen molar-refractivity contribution in [3.8, 4) is 5.75 Å². The zero-order chi connectivity index (χ0) is 14.8. The highest BCUT2D eigenvalue weighted by Crippen LogP contribution is 2.36. The first-order valence-electron chi connectivity index (χ1n) is 6.66. The van der Waals surface area contributed by atoms with Crippen LogP contribution in [0, 0.1) is 0 Å². The molecule has 20 heavy (non-hydrogen) atoms. The second-order valence-electron chi connectivity index (χ2n) is 5.28. The fourth-order valence-corrected chi connectivity index (χ4v) is 2.30. The number of carbonyl (C=O) groups is 2. The summed E-state index contributed by atoms with van der Waals surface area (Å²) >= 11 is 0. The molecule has 1 aliphatic rings. The first-order valence-corrected chi connectivity index (χ1v) is 6.66. The number of hydrogen-bond donors (Lipinski definition) is 2. The predicted octanol–water partition coefficient (Wildman–Crippen LogP) is 1.92. The Kier molecular flexibility index (Phi) is 3.97. The summed E-state index contributed by atoms with van der Waals surface area (Å²) in [6.45, 7) is 1.93. The van der Waals surface area contributed by atoms with Crippen LogP contribution < -0.4 is 10.1 Å². The first-order chi connectivity index (χ1) is 9.48. The molecule has 0 bridgehead atoms. The lowest BCUT2D eigenvalue weighted by Crippen LogP contribution is -2.43. The van der Waals surface area contributed by atoms with Crippen LogP contribution in [0.3, 0.4) is 0 Å². The largest absolute Gasteiger partial charge is 0.496 e. The molecule has 0 saturated heterocycles. The molecule has 5 heteroatoms. The number of aliphatic carboxylic acids is 1. The van der Waals surface area contributed by atoms with Gasteiger partial charge in [-0.1, -0.05) is 25.1 Å². The van der Waals surface area contributed by atoms with Crippen molar-refractivity contribution in [2.24, 2.45) is 0 Å². The van der Waals surface area contributed by atoms with Crippen LogP contribution >= 0.6 is 0 Å². The van der Waals surface area contributed by atoms with Crippen LogP contribution in [0.1, 0.15) is 37.7 Å². The molecular weight excluding hydrogens is 258 g/mol. The molecule has 1 atom stereocenters. The minimum absolute atomic E-state index is 0.0317. The Bertz CT molecular complexity index is 522. The van der Waals surface area contributed by atoms with Crippen LogP contribution in [-0.2, 0) is 9.59 Å². The molecular formula is C15H19NO4. The van der Waals surface area contributed by atoms with E-state index in [1.54, 1.807) is 7.11 Å². The van der Waals surface area contributed by atoms with Gasteiger partial charge in [0.15, 0.2) is 0 Å². The Hall–Kier alpha value is -2.04. The maximum absolute atomic E-state index is 12.0. The number of para-hydroxylation sites is 1. The average molecular weight is 277 g/mol. The van der Waals surface area contributed by atoms with E-state index in [-0.39, 0.29) is 18.2 Å². The smallest absolute Gasteiger partial charge is 0.329 e. The Morgan fingerprint density at radius 3 is 2.60 bits per heavy atom. The van der Waals surface area contributed by atoms with Crippen molar-refractivity contribution < 1.29 is 19.4 Å². The molecule has 2 N–H and O–H groups in total. The van der Waals surface area contributed by atoms with E-state index < -0.39 is 11.5 Å². The number of carboxylic acids is 1. The van der Waals surface area contributed by atoms with Crippen molar-refractivity contribution in [3.63, 3.8) is 0 Å². The van der Waals surface area contributed by atoms with Crippen molar-refractivity contribution in [3.05, 3.63) is 29.8 Å². The highest BCUT2D eigenvalue weighted by molar-refractivity contribution is 5.89. The summed E-state index contributed by atoms with van der Waals surface area (Å²) in [4.78, 5) is 23.0. The zero-order valence-corrected chi connectivity index (χ0v) is 11.7. The van der Waals surface area contributed by atoms with E-state index in [9.17, 15) is 9.59 Å². The highest BCUT2D eigenvalue weighted by Gasteiger charge is 2.51. The number of carbonyl (C=O) groups excluding carboxylic acids is 1. The van der Waals surface area contributed by atoms with Crippen molar-refractivity contribution in [1.82, 2.24) is 5.32 Å². The van der Waals surface area contributed by atoms with E-state index in [2.05, 4.69) is 5.32 Å². The van der Waals surface area contributed by atoms with Gasteiger partial charge in [-0.2, -0.15) is 0 Å². The van der Waals surface area contributed by atoms with Crippen molar-refractivity contribution in [2.45, 2.75) is 37.6 Å². The Labute approximate surface area is 117 Å². The monoisotopic (exact) mass is 277 g/mol.